The molecule has 0 bridgehead atoms. The highest BCUT2D eigenvalue weighted by Gasteiger charge is 2.26. The molecule has 33 heavy (non-hydrogen) atoms. The van der Waals surface area contributed by atoms with E-state index in [1.807, 2.05) is 36.2 Å². The number of rotatable bonds is 4. The number of carbonyl (C=O) groups is 1. The summed E-state index contributed by atoms with van der Waals surface area (Å²) in [6.07, 6.45) is 7.77. The fourth-order valence-corrected chi connectivity index (χ4v) is 6.00. The van der Waals surface area contributed by atoms with Crippen LogP contribution in [0.4, 0.5) is 5.95 Å². The van der Waals surface area contributed by atoms with Crippen LogP contribution in [0.25, 0.3) is 16.3 Å². The summed E-state index contributed by atoms with van der Waals surface area (Å²) in [5.41, 5.74) is 2.14. The van der Waals surface area contributed by atoms with Gasteiger partial charge in [0, 0.05) is 49.7 Å². The Morgan fingerprint density at radius 1 is 1.12 bits per heavy atom. The van der Waals surface area contributed by atoms with Crippen LogP contribution in [0, 0.1) is 0 Å². The average molecular weight is 465 g/mol. The van der Waals surface area contributed by atoms with Gasteiger partial charge in [-0.15, -0.1) is 11.3 Å². The number of ether oxygens (including phenoxy) is 1. The second-order valence-electron chi connectivity index (χ2n) is 8.55. The van der Waals surface area contributed by atoms with Crippen LogP contribution in [0.15, 0.2) is 35.1 Å². The molecule has 1 aliphatic carbocycles. The lowest BCUT2D eigenvalue weighted by atomic mass is 9.97. The van der Waals surface area contributed by atoms with Crippen molar-refractivity contribution in [2.45, 2.75) is 25.7 Å². The number of anilines is 1. The van der Waals surface area contributed by atoms with Crippen LogP contribution >= 0.6 is 11.3 Å². The lowest BCUT2D eigenvalue weighted by molar-refractivity contribution is -0.126. The number of hydrogen-bond acceptors (Lipinski definition) is 6. The first-order chi connectivity index (χ1) is 16.1. The third kappa shape index (κ3) is 4.04. The monoisotopic (exact) mass is 464 g/mol. The maximum absolute atomic E-state index is 13.2. The Bertz CT molecular complexity index is 1280. The molecule has 3 aromatic rings. The number of carbonyl (C=O) groups excluding carboxylic acids is 1. The highest BCUT2D eigenvalue weighted by molar-refractivity contribution is 7.18. The molecule has 0 radical (unpaired) electrons. The predicted octanol–water partition coefficient (Wildman–Crippen LogP) is 3.24. The molecular formula is C25H28N4O3S. The van der Waals surface area contributed by atoms with E-state index in [0.29, 0.717) is 32.1 Å². The number of amides is 1. The molecule has 1 amide bonds. The summed E-state index contributed by atoms with van der Waals surface area (Å²) in [6.45, 7) is 2.46. The molecule has 2 aliphatic rings. The zero-order valence-corrected chi connectivity index (χ0v) is 19.9. The van der Waals surface area contributed by atoms with Crippen LogP contribution in [0.5, 0.6) is 5.75 Å². The molecule has 0 N–H and O–H groups in total. The molecule has 0 spiro atoms. The molecule has 1 aromatic carbocycles. The van der Waals surface area contributed by atoms with Gasteiger partial charge >= 0.3 is 0 Å². The lowest BCUT2D eigenvalue weighted by Gasteiger charge is -2.35. The number of hydrogen-bond donors (Lipinski definition) is 0. The van der Waals surface area contributed by atoms with E-state index >= 15 is 0 Å². The van der Waals surface area contributed by atoms with E-state index in [1.165, 1.54) is 16.9 Å². The van der Waals surface area contributed by atoms with Crippen molar-refractivity contribution in [2.24, 2.45) is 7.05 Å². The molecule has 0 atom stereocenters. The van der Waals surface area contributed by atoms with Crippen molar-refractivity contribution in [3.63, 3.8) is 0 Å². The zero-order chi connectivity index (χ0) is 22.9. The van der Waals surface area contributed by atoms with Gasteiger partial charge in [0.1, 0.15) is 10.6 Å². The van der Waals surface area contributed by atoms with E-state index in [1.54, 1.807) is 35.2 Å². The maximum atomic E-state index is 13.2. The van der Waals surface area contributed by atoms with Crippen molar-refractivity contribution in [1.82, 2.24) is 14.5 Å². The minimum absolute atomic E-state index is 0.0243. The third-order valence-corrected chi connectivity index (χ3v) is 7.78. The van der Waals surface area contributed by atoms with E-state index in [2.05, 4.69) is 4.90 Å². The van der Waals surface area contributed by atoms with Crippen LogP contribution in [-0.2, 0) is 24.7 Å². The molecule has 0 saturated carbocycles. The number of nitrogens with zero attached hydrogens (tertiary/aromatic N) is 4. The SMILES string of the molecule is COc1ccccc1/C=C/C(=O)N1CCN(c2nc3sc4c(c3c(=O)n2C)CCCC4)CC1. The Labute approximate surface area is 196 Å². The van der Waals surface area contributed by atoms with Crippen molar-refractivity contribution in [2.75, 3.05) is 38.2 Å². The summed E-state index contributed by atoms with van der Waals surface area (Å²) in [4.78, 5) is 37.0. The number of benzene rings is 1. The average Bonchev–Trinajstić information content (AvgIpc) is 3.23. The number of fused-ring (bicyclic) bond motifs is 3. The van der Waals surface area contributed by atoms with E-state index in [-0.39, 0.29) is 11.5 Å². The van der Waals surface area contributed by atoms with Crippen LogP contribution in [-0.4, -0.2) is 53.6 Å². The zero-order valence-electron chi connectivity index (χ0n) is 19.0. The van der Waals surface area contributed by atoms with Crippen molar-refractivity contribution in [1.29, 1.82) is 0 Å². The van der Waals surface area contributed by atoms with Gasteiger partial charge in [0.15, 0.2) is 0 Å². The van der Waals surface area contributed by atoms with E-state index in [0.717, 1.165) is 40.8 Å². The Morgan fingerprint density at radius 2 is 1.88 bits per heavy atom. The standard InChI is InChI=1S/C25H28N4O3S/c1-27-24(31)22-18-8-4-6-10-20(18)33-23(22)26-25(27)29-15-13-28(14-16-29)21(30)12-11-17-7-3-5-9-19(17)32-2/h3,5,7,9,11-12H,4,6,8,10,13-16H2,1-2H3/b12-11+. The van der Waals surface area contributed by atoms with E-state index < -0.39 is 0 Å². The summed E-state index contributed by atoms with van der Waals surface area (Å²) in [7, 11) is 3.43. The van der Waals surface area contributed by atoms with Gasteiger partial charge in [-0.25, -0.2) is 4.98 Å². The van der Waals surface area contributed by atoms with Crippen molar-refractivity contribution >= 4 is 39.5 Å². The minimum atomic E-state index is -0.0243. The Kier molecular flexibility index (Phi) is 5.93. The van der Waals surface area contributed by atoms with Gasteiger partial charge in [-0.3, -0.25) is 14.2 Å². The van der Waals surface area contributed by atoms with Gasteiger partial charge in [0.25, 0.3) is 5.56 Å². The summed E-state index contributed by atoms with van der Waals surface area (Å²) >= 11 is 1.68. The van der Waals surface area contributed by atoms with Gasteiger partial charge in [-0.05, 0) is 43.4 Å². The lowest BCUT2D eigenvalue weighted by Crippen LogP contribution is -2.49. The van der Waals surface area contributed by atoms with Crippen LogP contribution in [0.3, 0.4) is 0 Å². The third-order valence-electron chi connectivity index (χ3n) is 6.59. The highest BCUT2D eigenvalue weighted by atomic mass is 32.1. The maximum Gasteiger partial charge on any atom is 0.263 e. The minimum Gasteiger partial charge on any atom is -0.496 e. The van der Waals surface area contributed by atoms with Gasteiger partial charge in [0.2, 0.25) is 11.9 Å². The normalized spacial score (nSPS) is 16.4. The first-order valence-corrected chi connectivity index (χ1v) is 12.2. The van der Waals surface area contributed by atoms with Gasteiger partial charge in [-0.1, -0.05) is 18.2 Å². The molecule has 7 nitrogen and oxygen atoms in total. The van der Waals surface area contributed by atoms with Crippen LogP contribution < -0.4 is 15.2 Å². The number of aromatic nitrogens is 2. The van der Waals surface area contributed by atoms with Gasteiger partial charge < -0.3 is 14.5 Å². The summed E-state index contributed by atoms with van der Waals surface area (Å²) in [5, 5.41) is 0.816. The number of piperazine rings is 1. The Hall–Kier alpha value is -3.13. The second-order valence-corrected chi connectivity index (χ2v) is 9.64. The first kappa shape index (κ1) is 21.7. The van der Waals surface area contributed by atoms with Crippen LogP contribution in [0.2, 0.25) is 0 Å². The Balaban J connectivity index is 1.31. The Morgan fingerprint density at radius 3 is 2.67 bits per heavy atom. The molecule has 1 saturated heterocycles. The summed E-state index contributed by atoms with van der Waals surface area (Å²) in [5.74, 6) is 1.41. The molecule has 172 valence electrons. The number of para-hydroxylation sites is 1. The molecule has 8 heteroatoms. The molecule has 1 fully saturated rings. The number of thiophene rings is 1. The first-order valence-electron chi connectivity index (χ1n) is 11.4. The topological polar surface area (TPSA) is 67.7 Å². The molecule has 5 rings (SSSR count). The van der Waals surface area contributed by atoms with Crippen LogP contribution in [0.1, 0.15) is 28.8 Å². The fourth-order valence-electron chi connectivity index (χ4n) is 4.76. The smallest absolute Gasteiger partial charge is 0.263 e. The summed E-state index contributed by atoms with van der Waals surface area (Å²) in [6, 6.07) is 7.62. The second kappa shape index (κ2) is 9.02. The number of methoxy groups -OCH3 is 1. The largest absolute Gasteiger partial charge is 0.496 e. The highest BCUT2D eigenvalue weighted by Crippen LogP contribution is 2.34. The van der Waals surface area contributed by atoms with E-state index in [4.69, 9.17) is 9.72 Å². The van der Waals surface area contributed by atoms with Crippen molar-refractivity contribution in [3.05, 3.63) is 56.7 Å². The number of aryl methyl sites for hydroxylation is 2. The van der Waals surface area contributed by atoms with Crippen molar-refractivity contribution < 1.29 is 9.53 Å². The summed E-state index contributed by atoms with van der Waals surface area (Å²) < 4.78 is 7.03. The van der Waals surface area contributed by atoms with Crippen molar-refractivity contribution in [3.8, 4) is 5.75 Å². The van der Waals surface area contributed by atoms with Gasteiger partial charge in [0.05, 0.1) is 12.5 Å². The van der Waals surface area contributed by atoms with E-state index in [9.17, 15) is 9.59 Å². The molecule has 0 unspecified atom stereocenters. The molecule has 1 aliphatic heterocycles. The quantitative estimate of drug-likeness (QED) is 0.555. The molecule has 3 heterocycles. The molecular weight excluding hydrogens is 436 g/mol. The predicted molar refractivity (Wildman–Crippen MR) is 132 cm³/mol. The van der Waals surface area contributed by atoms with Gasteiger partial charge in [-0.2, -0.15) is 0 Å². The fraction of sp³-hybridized carbons (Fsp3) is 0.400. The molecule has 2 aromatic heterocycles.